The summed E-state index contributed by atoms with van der Waals surface area (Å²) in [6.07, 6.45) is -0.850. The Kier molecular flexibility index (Phi) is 6.16. The van der Waals surface area contributed by atoms with Gasteiger partial charge in [0.05, 0.1) is 19.9 Å². The predicted molar refractivity (Wildman–Crippen MR) is 90.5 cm³/mol. The molecule has 8 heteroatoms. The number of thiophene rings is 1. The molecule has 1 aromatic carbocycles. The van der Waals surface area contributed by atoms with Crippen molar-refractivity contribution in [2.45, 2.75) is 6.10 Å². The maximum absolute atomic E-state index is 11.9. The molecule has 1 unspecified atom stereocenters. The Balaban J connectivity index is 1.93. The number of hydrogen-bond acceptors (Lipinski definition) is 6. The molecular formula is C16H18N2O5S. The molecule has 0 aliphatic heterocycles. The Morgan fingerprint density at radius 1 is 1.21 bits per heavy atom. The van der Waals surface area contributed by atoms with Crippen LogP contribution in [0.5, 0.6) is 11.5 Å². The van der Waals surface area contributed by atoms with Crippen molar-refractivity contribution in [3.05, 3.63) is 40.6 Å². The van der Waals surface area contributed by atoms with Gasteiger partial charge in [0.15, 0.2) is 0 Å². The zero-order chi connectivity index (χ0) is 17.5. The van der Waals surface area contributed by atoms with Crippen LogP contribution in [0.1, 0.15) is 11.0 Å². The summed E-state index contributed by atoms with van der Waals surface area (Å²) in [6, 6.07) is 8.35. The summed E-state index contributed by atoms with van der Waals surface area (Å²) >= 11 is 1.37. The number of carbonyl (C=O) groups is 2. The van der Waals surface area contributed by atoms with E-state index < -0.39 is 17.9 Å². The van der Waals surface area contributed by atoms with Gasteiger partial charge < -0.3 is 25.2 Å². The van der Waals surface area contributed by atoms with Crippen LogP contribution in [0.4, 0.5) is 5.69 Å². The van der Waals surface area contributed by atoms with E-state index in [1.54, 1.807) is 30.3 Å². The molecule has 128 valence electrons. The summed E-state index contributed by atoms with van der Waals surface area (Å²) in [5.41, 5.74) is 0.345. The minimum absolute atomic E-state index is 0.0491. The number of aliphatic hydroxyl groups is 1. The highest BCUT2D eigenvalue weighted by molar-refractivity contribution is 7.10. The van der Waals surface area contributed by atoms with Crippen molar-refractivity contribution in [3.8, 4) is 11.5 Å². The van der Waals surface area contributed by atoms with Crippen LogP contribution in [-0.2, 0) is 9.59 Å². The molecule has 3 N–H and O–H groups in total. The molecule has 0 fully saturated rings. The van der Waals surface area contributed by atoms with Gasteiger partial charge in [0.2, 0.25) is 0 Å². The highest BCUT2D eigenvalue weighted by Crippen LogP contribution is 2.28. The first-order valence-corrected chi connectivity index (χ1v) is 7.95. The molecule has 2 amide bonds. The van der Waals surface area contributed by atoms with E-state index in [0.717, 1.165) is 0 Å². The van der Waals surface area contributed by atoms with E-state index >= 15 is 0 Å². The standard InChI is InChI=1S/C16H18N2O5S/c1-22-10-5-6-11(13(8-10)23-2)18-16(21)15(20)17-9-12(19)14-4-3-7-24-14/h3-8,12,19H,9H2,1-2H3,(H,17,20)(H,18,21). The molecular weight excluding hydrogens is 332 g/mol. The third-order valence-electron chi connectivity index (χ3n) is 3.19. The predicted octanol–water partition coefficient (Wildman–Crippen LogP) is 1.55. The fourth-order valence-electron chi connectivity index (χ4n) is 1.93. The molecule has 0 radical (unpaired) electrons. The lowest BCUT2D eigenvalue weighted by Crippen LogP contribution is -2.37. The minimum atomic E-state index is -0.850. The van der Waals surface area contributed by atoms with E-state index in [0.29, 0.717) is 22.1 Å². The van der Waals surface area contributed by atoms with Crippen molar-refractivity contribution in [1.82, 2.24) is 5.32 Å². The average molecular weight is 350 g/mol. The fraction of sp³-hybridized carbons (Fsp3) is 0.250. The number of anilines is 1. The number of methoxy groups -OCH3 is 2. The van der Waals surface area contributed by atoms with Gasteiger partial charge >= 0.3 is 11.8 Å². The first kappa shape index (κ1) is 17.8. The maximum atomic E-state index is 11.9. The van der Waals surface area contributed by atoms with E-state index in [9.17, 15) is 14.7 Å². The molecule has 1 atom stereocenters. The Hall–Kier alpha value is -2.58. The van der Waals surface area contributed by atoms with Gasteiger partial charge in [-0.2, -0.15) is 0 Å². The minimum Gasteiger partial charge on any atom is -0.497 e. The number of benzene rings is 1. The molecule has 1 heterocycles. The molecule has 0 saturated carbocycles. The lowest BCUT2D eigenvalue weighted by atomic mass is 10.2. The Morgan fingerprint density at radius 2 is 2.00 bits per heavy atom. The van der Waals surface area contributed by atoms with Crippen LogP contribution in [-0.4, -0.2) is 37.7 Å². The third-order valence-corrected chi connectivity index (χ3v) is 4.16. The van der Waals surface area contributed by atoms with Gasteiger partial charge in [0.1, 0.15) is 17.6 Å². The maximum Gasteiger partial charge on any atom is 0.313 e. The number of nitrogens with one attached hydrogen (secondary N) is 2. The molecule has 7 nitrogen and oxygen atoms in total. The Bertz CT molecular complexity index is 702. The molecule has 0 bridgehead atoms. The van der Waals surface area contributed by atoms with E-state index in [4.69, 9.17) is 9.47 Å². The molecule has 24 heavy (non-hydrogen) atoms. The van der Waals surface area contributed by atoms with Gasteiger partial charge in [-0.3, -0.25) is 9.59 Å². The quantitative estimate of drug-likeness (QED) is 0.687. The lowest BCUT2D eigenvalue weighted by Gasteiger charge is -2.12. The third kappa shape index (κ3) is 4.46. The molecule has 1 aromatic heterocycles. The molecule has 2 rings (SSSR count). The molecule has 2 aromatic rings. The van der Waals surface area contributed by atoms with Crippen LogP contribution >= 0.6 is 11.3 Å². The highest BCUT2D eigenvalue weighted by Gasteiger charge is 2.18. The van der Waals surface area contributed by atoms with E-state index in [2.05, 4.69) is 10.6 Å². The second kappa shape index (κ2) is 8.32. The van der Waals surface area contributed by atoms with E-state index in [1.807, 2.05) is 5.38 Å². The number of amides is 2. The topological polar surface area (TPSA) is 96.9 Å². The Morgan fingerprint density at radius 3 is 2.62 bits per heavy atom. The zero-order valence-corrected chi connectivity index (χ0v) is 14.1. The van der Waals surface area contributed by atoms with Crippen LogP contribution in [0, 0.1) is 0 Å². The summed E-state index contributed by atoms with van der Waals surface area (Å²) in [6.45, 7) is -0.0491. The van der Waals surface area contributed by atoms with Gasteiger partial charge in [0, 0.05) is 17.5 Å². The van der Waals surface area contributed by atoms with E-state index in [-0.39, 0.29) is 6.54 Å². The number of carbonyl (C=O) groups excluding carboxylic acids is 2. The zero-order valence-electron chi connectivity index (χ0n) is 13.2. The van der Waals surface area contributed by atoms with Gasteiger partial charge in [-0.05, 0) is 23.6 Å². The van der Waals surface area contributed by atoms with Crippen molar-refractivity contribution >= 4 is 28.8 Å². The molecule has 0 aliphatic carbocycles. The van der Waals surface area contributed by atoms with Crippen LogP contribution in [0.25, 0.3) is 0 Å². The summed E-state index contributed by atoms with van der Waals surface area (Å²) in [7, 11) is 2.96. The molecule has 0 saturated heterocycles. The van der Waals surface area contributed by atoms with Gasteiger partial charge in [-0.1, -0.05) is 6.07 Å². The lowest BCUT2D eigenvalue weighted by molar-refractivity contribution is -0.136. The van der Waals surface area contributed by atoms with Crippen molar-refractivity contribution in [3.63, 3.8) is 0 Å². The Labute approximate surface area is 143 Å². The molecule has 0 aliphatic rings. The smallest absolute Gasteiger partial charge is 0.313 e. The largest absolute Gasteiger partial charge is 0.497 e. The van der Waals surface area contributed by atoms with Crippen LogP contribution < -0.4 is 20.1 Å². The second-order valence-electron chi connectivity index (χ2n) is 4.76. The SMILES string of the molecule is COc1ccc(NC(=O)C(=O)NCC(O)c2cccs2)c(OC)c1. The van der Waals surface area contributed by atoms with Crippen molar-refractivity contribution in [2.75, 3.05) is 26.1 Å². The van der Waals surface area contributed by atoms with Gasteiger partial charge in [-0.15, -0.1) is 11.3 Å². The highest BCUT2D eigenvalue weighted by atomic mass is 32.1. The fourth-order valence-corrected chi connectivity index (χ4v) is 2.64. The van der Waals surface area contributed by atoms with Crippen molar-refractivity contribution in [1.29, 1.82) is 0 Å². The van der Waals surface area contributed by atoms with Crippen molar-refractivity contribution in [2.24, 2.45) is 0 Å². The summed E-state index contributed by atoms with van der Waals surface area (Å²) in [4.78, 5) is 24.5. The number of aliphatic hydroxyl groups excluding tert-OH is 1. The second-order valence-corrected chi connectivity index (χ2v) is 5.74. The van der Waals surface area contributed by atoms with Crippen LogP contribution in [0.15, 0.2) is 35.7 Å². The summed E-state index contributed by atoms with van der Waals surface area (Å²) in [5.74, 6) is -0.761. The van der Waals surface area contributed by atoms with Crippen LogP contribution in [0.2, 0.25) is 0 Å². The number of rotatable bonds is 6. The first-order chi connectivity index (χ1) is 11.5. The normalized spacial score (nSPS) is 11.5. The molecule has 0 spiro atoms. The number of ether oxygens (including phenoxy) is 2. The van der Waals surface area contributed by atoms with Gasteiger partial charge in [-0.25, -0.2) is 0 Å². The van der Waals surface area contributed by atoms with Gasteiger partial charge in [0.25, 0.3) is 0 Å². The summed E-state index contributed by atoms with van der Waals surface area (Å²) in [5, 5.41) is 16.6. The monoisotopic (exact) mass is 350 g/mol. The van der Waals surface area contributed by atoms with Crippen LogP contribution in [0.3, 0.4) is 0 Å². The first-order valence-electron chi connectivity index (χ1n) is 7.07. The average Bonchev–Trinajstić information content (AvgIpc) is 3.14. The number of hydrogen-bond donors (Lipinski definition) is 3. The van der Waals surface area contributed by atoms with Crippen molar-refractivity contribution < 1.29 is 24.2 Å². The van der Waals surface area contributed by atoms with E-state index in [1.165, 1.54) is 25.6 Å². The summed E-state index contributed by atoms with van der Waals surface area (Å²) < 4.78 is 10.2.